The van der Waals surface area contributed by atoms with E-state index in [1.165, 1.54) is 120 Å². The van der Waals surface area contributed by atoms with Gasteiger partial charge in [0.05, 0.1) is 11.4 Å². The highest BCUT2D eigenvalue weighted by molar-refractivity contribution is 6.51. The molecule has 2 nitrogen and oxygen atoms in total. The van der Waals surface area contributed by atoms with Crippen LogP contribution in [0, 0.1) is 27.7 Å². The van der Waals surface area contributed by atoms with E-state index in [0.29, 0.717) is 0 Å². The first-order valence-electron chi connectivity index (χ1n) is 20.4. The van der Waals surface area contributed by atoms with E-state index in [-0.39, 0.29) is 0 Å². The van der Waals surface area contributed by atoms with Crippen LogP contribution >= 0.6 is 0 Å². The average Bonchev–Trinajstić information content (AvgIpc) is 3.25. The number of rotatable bonds is 6. The number of hydrogen-bond donors (Lipinski definition) is 0. The SMILES string of the molecule is Cc1ccc(N(c2ccccc2)c2c3cccc4c5cccc6c(N(c7ccccc7)c7ccc(C)cc7C)c7cccc8c9cccc2c9c(c34)c(c65)c78)c(C)c1. The van der Waals surface area contributed by atoms with Crippen molar-refractivity contribution in [2.75, 3.05) is 9.80 Å². The molecule has 2 heteroatoms. The Bertz CT molecular complexity index is 3170. The van der Waals surface area contributed by atoms with Crippen molar-refractivity contribution in [3.8, 4) is 0 Å². The molecule has 0 amide bonds. The third-order valence-corrected chi connectivity index (χ3v) is 12.8. The van der Waals surface area contributed by atoms with Gasteiger partial charge in [-0.05, 0) is 96.8 Å². The molecule has 0 saturated heterocycles. The molecule has 58 heavy (non-hydrogen) atoms. The van der Waals surface area contributed by atoms with Crippen molar-refractivity contribution in [1.29, 1.82) is 0 Å². The van der Waals surface area contributed by atoms with E-state index in [2.05, 4.69) is 207 Å². The number of para-hydroxylation sites is 2. The number of benzene rings is 12. The lowest BCUT2D eigenvalue weighted by atomic mass is 9.79. The van der Waals surface area contributed by atoms with Gasteiger partial charge in [-0.3, -0.25) is 0 Å². The molecule has 0 unspecified atom stereocenters. The highest BCUT2D eigenvalue weighted by atomic mass is 15.2. The van der Waals surface area contributed by atoms with Gasteiger partial charge in [0.15, 0.2) is 0 Å². The van der Waals surface area contributed by atoms with Crippen molar-refractivity contribution >= 4 is 110 Å². The summed E-state index contributed by atoms with van der Waals surface area (Å²) >= 11 is 0. The highest BCUT2D eigenvalue weighted by Gasteiger charge is 2.30. The monoisotopic (exact) mass is 740 g/mol. The number of anilines is 6. The molecule has 12 aromatic carbocycles. The van der Waals surface area contributed by atoms with Gasteiger partial charge >= 0.3 is 0 Å². The predicted octanol–water partition coefficient (Wildman–Crippen LogP) is 16.2. The predicted molar refractivity (Wildman–Crippen MR) is 251 cm³/mol. The zero-order valence-electron chi connectivity index (χ0n) is 33.1. The minimum Gasteiger partial charge on any atom is -0.309 e. The lowest BCUT2D eigenvalue weighted by molar-refractivity contribution is 1.26. The van der Waals surface area contributed by atoms with Crippen molar-refractivity contribution in [3.63, 3.8) is 0 Å². The van der Waals surface area contributed by atoms with Crippen LogP contribution in [-0.2, 0) is 0 Å². The molecular weight excluding hydrogens is 701 g/mol. The molecule has 12 aromatic rings. The maximum Gasteiger partial charge on any atom is 0.0619 e. The van der Waals surface area contributed by atoms with Crippen LogP contribution in [0.15, 0.2) is 170 Å². The minimum atomic E-state index is 1.15. The number of nitrogens with zero attached hydrogens (tertiary/aromatic N) is 2. The quantitative estimate of drug-likeness (QED) is 0.124. The second kappa shape index (κ2) is 12.2. The van der Waals surface area contributed by atoms with E-state index in [4.69, 9.17) is 0 Å². The van der Waals surface area contributed by atoms with E-state index in [9.17, 15) is 0 Å². The normalized spacial score (nSPS) is 12.1. The summed E-state index contributed by atoms with van der Waals surface area (Å²) < 4.78 is 0. The first kappa shape index (κ1) is 33.0. The smallest absolute Gasteiger partial charge is 0.0619 e. The van der Waals surface area contributed by atoms with Gasteiger partial charge in [-0.25, -0.2) is 0 Å². The molecule has 12 rings (SSSR count). The van der Waals surface area contributed by atoms with Gasteiger partial charge < -0.3 is 9.80 Å². The Balaban J connectivity index is 1.32. The Morgan fingerprint density at radius 3 is 0.897 bits per heavy atom. The van der Waals surface area contributed by atoms with Crippen LogP contribution in [0.3, 0.4) is 0 Å². The Kier molecular flexibility index (Phi) is 6.93. The van der Waals surface area contributed by atoms with Crippen LogP contribution < -0.4 is 9.80 Å². The largest absolute Gasteiger partial charge is 0.309 e. The molecule has 0 aliphatic heterocycles. The zero-order valence-corrected chi connectivity index (χ0v) is 33.1. The van der Waals surface area contributed by atoms with Crippen molar-refractivity contribution in [2.24, 2.45) is 0 Å². The molecule has 0 spiro atoms. The van der Waals surface area contributed by atoms with E-state index in [1.807, 2.05) is 0 Å². The Morgan fingerprint density at radius 1 is 0.276 bits per heavy atom. The summed E-state index contributed by atoms with van der Waals surface area (Å²) in [5.74, 6) is 0. The zero-order chi connectivity index (χ0) is 38.8. The van der Waals surface area contributed by atoms with Gasteiger partial charge in [-0.1, -0.05) is 145 Å². The van der Waals surface area contributed by atoms with Gasteiger partial charge in [-0.15, -0.1) is 0 Å². The maximum absolute atomic E-state index is 2.52. The van der Waals surface area contributed by atoms with Crippen LogP contribution in [0.5, 0.6) is 0 Å². The van der Waals surface area contributed by atoms with Crippen molar-refractivity contribution in [3.05, 3.63) is 192 Å². The first-order valence-corrected chi connectivity index (χ1v) is 20.4. The van der Waals surface area contributed by atoms with Crippen molar-refractivity contribution in [2.45, 2.75) is 27.7 Å². The van der Waals surface area contributed by atoms with E-state index in [1.54, 1.807) is 0 Å². The fraction of sp³-hybridized carbons (Fsp3) is 0.0714. The summed E-state index contributed by atoms with van der Waals surface area (Å²) in [6.45, 7) is 8.86. The third-order valence-electron chi connectivity index (χ3n) is 12.8. The lowest BCUT2D eigenvalue weighted by Gasteiger charge is -2.33. The molecule has 0 fully saturated rings. The molecule has 274 valence electrons. The molecule has 0 aliphatic carbocycles. The van der Waals surface area contributed by atoms with Gasteiger partial charge in [0.25, 0.3) is 0 Å². The third kappa shape index (κ3) is 4.43. The summed E-state index contributed by atoms with van der Waals surface area (Å²) in [7, 11) is 0. The fourth-order valence-corrected chi connectivity index (χ4v) is 10.5. The molecule has 0 N–H and O–H groups in total. The van der Waals surface area contributed by atoms with E-state index in [0.717, 1.165) is 11.4 Å². The Morgan fingerprint density at radius 2 is 0.586 bits per heavy atom. The van der Waals surface area contributed by atoms with Crippen LogP contribution in [0.2, 0.25) is 0 Å². The van der Waals surface area contributed by atoms with Gasteiger partial charge in [0.2, 0.25) is 0 Å². The summed E-state index contributed by atoms with van der Waals surface area (Å²) in [6, 6.07) is 63.6. The van der Waals surface area contributed by atoms with E-state index >= 15 is 0 Å². The molecule has 0 bridgehead atoms. The minimum absolute atomic E-state index is 1.15. The molecule has 0 heterocycles. The van der Waals surface area contributed by atoms with Crippen LogP contribution in [0.1, 0.15) is 22.3 Å². The summed E-state index contributed by atoms with van der Waals surface area (Å²) in [4.78, 5) is 5.04. The van der Waals surface area contributed by atoms with Crippen molar-refractivity contribution in [1.82, 2.24) is 0 Å². The van der Waals surface area contributed by atoms with Crippen molar-refractivity contribution < 1.29 is 0 Å². The Labute approximate surface area is 337 Å². The van der Waals surface area contributed by atoms with Crippen LogP contribution in [0.25, 0.3) is 75.4 Å². The molecular formula is C56H40N2. The second-order valence-electron chi connectivity index (χ2n) is 16.3. The molecule has 0 aromatic heterocycles. The van der Waals surface area contributed by atoms with E-state index < -0.39 is 0 Å². The lowest BCUT2D eigenvalue weighted by Crippen LogP contribution is -2.14. The van der Waals surface area contributed by atoms with Gasteiger partial charge in [0.1, 0.15) is 0 Å². The molecule has 0 saturated carbocycles. The summed E-state index contributed by atoms with van der Waals surface area (Å²) in [5, 5.41) is 18.3. The summed E-state index contributed by atoms with van der Waals surface area (Å²) in [5.41, 5.74) is 12.2. The highest BCUT2D eigenvalue weighted by Crippen LogP contribution is 2.58. The number of fused-ring (bicyclic) bond motifs is 2. The fourth-order valence-electron chi connectivity index (χ4n) is 10.5. The van der Waals surface area contributed by atoms with Gasteiger partial charge in [0, 0.05) is 76.6 Å². The topological polar surface area (TPSA) is 6.48 Å². The number of aryl methyl sites for hydroxylation is 4. The average molecular weight is 741 g/mol. The maximum atomic E-state index is 2.52. The Hall–Kier alpha value is -7.16. The van der Waals surface area contributed by atoms with Gasteiger partial charge in [-0.2, -0.15) is 0 Å². The first-order chi connectivity index (χ1) is 28.5. The summed E-state index contributed by atoms with van der Waals surface area (Å²) in [6.07, 6.45) is 0. The standard InChI is InChI=1S/C56H40N2/c1-33-27-29-47(35(3)31-33)57(37-15-7-5-8-16-37)55-43-23-11-19-39-41-21-13-25-45-51(41)54-52-42(40-20-12-24-44(55)50(40)53(54)49(39)43)22-14-26-46(52)56(45)58(38-17-9-6-10-18-38)48-30-28-34(2)32-36(48)4/h5-32H,1-4H3. The molecule has 0 radical (unpaired) electrons. The van der Waals surface area contributed by atoms with Crippen LogP contribution in [-0.4, -0.2) is 0 Å². The number of hydrogen-bond acceptors (Lipinski definition) is 2. The molecule has 0 aliphatic rings. The molecule has 0 atom stereocenters. The van der Waals surface area contributed by atoms with Crippen LogP contribution in [0.4, 0.5) is 34.1 Å². The second-order valence-corrected chi connectivity index (χ2v) is 16.3.